The fraction of sp³-hybridized carbons (Fsp3) is 0.0968. The van der Waals surface area contributed by atoms with Crippen LogP contribution in [0.3, 0.4) is 0 Å². The summed E-state index contributed by atoms with van der Waals surface area (Å²) in [5.41, 5.74) is 4.84. The summed E-state index contributed by atoms with van der Waals surface area (Å²) in [5, 5.41) is 5.27. The Morgan fingerprint density at radius 2 is 1.62 bits per heavy atom. The molecule has 0 radical (unpaired) electrons. The van der Waals surface area contributed by atoms with Gasteiger partial charge in [-0.3, -0.25) is 4.98 Å². The molecule has 3 heterocycles. The minimum Gasteiger partial charge on any atom is -0.457 e. The quantitative estimate of drug-likeness (QED) is 0.207. The van der Waals surface area contributed by atoms with Gasteiger partial charge in [-0.1, -0.05) is 47.0 Å². The fourth-order valence-electron chi connectivity index (χ4n) is 4.88. The van der Waals surface area contributed by atoms with Crippen molar-refractivity contribution in [3.8, 4) is 17.2 Å². The van der Waals surface area contributed by atoms with Gasteiger partial charge < -0.3 is 19.5 Å². The molecular weight excluding hydrogens is 547 g/mol. The first-order chi connectivity index (χ1) is 19.0. The van der Waals surface area contributed by atoms with E-state index in [9.17, 15) is 0 Å². The Morgan fingerprint density at radius 1 is 0.872 bits per heavy atom. The number of pyridine rings is 1. The zero-order valence-corrected chi connectivity index (χ0v) is 23.3. The van der Waals surface area contributed by atoms with E-state index in [4.69, 9.17) is 40.2 Å². The Bertz CT molecular complexity index is 1620. The normalized spacial score (nSPS) is 16.8. The number of nitrogens with zero attached hydrogens (tertiary/aromatic N) is 3. The lowest BCUT2D eigenvalue weighted by atomic mass is 10.0. The molecule has 0 spiro atoms. The van der Waals surface area contributed by atoms with Crippen LogP contribution in [0.25, 0.3) is 5.69 Å². The molecule has 8 heteroatoms. The van der Waals surface area contributed by atoms with Crippen LogP contribution in [0.2, 0.25) is 10.0 Å². The molecule has 39 heavy (non-hydrogen) atoms. The molecular formula is C31H24Cl2N4OS. The molecule has 5 aromatic rings. The highest BCUT2D eigenvalue weighted by Gasteiger charge is 2.42. The van der Waals surface area contributed by atoms with Gasteiger partial charge in [-0.2, -0.15) is 0 Å². The monoisotopic (exact) mass is 570 g/mol. The predicted octanol–water partition coefficient (Wildman–Crippen LogP) is 8.46. The number of benzene rings is 3. The van der Waals surface area contributed by atoms with Crippen LogP contribution in [0.1, 0.15) is 29.0 Å². The number of aryl methyl sites for hydroxylation is 1. The van der Waals surface area contributed by atoms with E-state index in [-0.39, 0.29) is 12.1 Å². The lowest BCUT2D eigenvalue weighted by Crippen LogP contribution is -2.30. The summed E-state index contributed by atoms with van der Waals surface area (Å²) in [5.74, 6) is 1.53. The highest BCUT2D eigenvalue weighted by atomic mass is 35.5. The van der Waals surface area contributed by atoms with Crippen molar-refractivity contribution < 1.29 is 4.74 Å². The minimum atomic E-state index is -0.210. The molecule has 6 rings (SSSR count). The number of anilines is 1. The SMILES string of the molecule is Cc1ccc(Oc2ccc(N3C(=S)N[C@H](c4ccccn4)[C@@H]3c3cccn3-c3ccc(Cl)cc3Cl)cc2)cc1. The summed E-state index contributed by atoms with van der Waals surface area (Å²) in [4.78, 5) is 6.79. The fourth-order valence-corrected chi connectivity index (χ4v) is 5.73. The van der Waals surface area contributed by atoms with Crippen LogP contribution in [0.15, 0.2) is 109 Å². The van der Waals surface area contributed by atoms with Gasteiger partial charge >= 0.3 is 0 Å². The van der Waals surface area contributed by atoms with Crippen molar-refractivity contribution in [3.63, 3.8) is 0 Å². The van der Waals surface area contributed by atoms with E-state index in [0.717, 1.165) is 34.3 Å². The molecule has 0 bridgehead atoms. The predicted molar refractivity (Wildman–Crippen MR) is 161 cm³/mol. The molecule has 0 amide bonds. The molecule has 0 saturated carbocycles. The molecule has 1 aliphatic heterocycles. The van der Waals surface area contributed by atoms with E-state index in [1.165, 1.54) is 5.56 Å². The van der Waals surface area contributed by atoms with E-state index in [1.54, 1.807) is 12.3 Å². The van der Waals surface area contributed by atoms with Crippen LogP contribution >= 0.6 is 35.4 Å². The first-order valence-electron chi connectivity index (χ1n) is 12.5. The third kappa shape index (κ3) is 5.11. The van der Waals surface area contributed by atoms with Crippen LogP contribution < -0.4 is 15.0 Å². The third-order valence-corrected chi connectivity index (χ3v) is 7.57. The van der Waals surface area contributed by atoms with Gasteiger partial charge in [0.25, 0.3) is 0 Å². The van der Waals surface area contributed by atoms with Crippen LogP contribution in [-0.4, -0.2) is 14.7 Å². The Labute approximate surface area is 242 Å². The summed E-state index contributed by atoms with van der Waals surface area (Å²) < 4.78 is 8.14. The zero-order valence-electron chi connectivity index (χ0n) is 21.0. The smallest absolute Gasteiger partial charge is 0.174 e. The Hall–Kier alpha value is -3.84. The second-order valence-electron chi connectivity index (χ2n) is 9.30. The average molecular weight is 572 g/mol. The van der Waals surface area contributed by atoms with E-state index in [1.807, 2.05) is 91.1 Å². The molecule has 1 aliphatic rings. The molecule has 2 atom stereocenters. The first kappa shape index (κ1) is 25.4. The highest BCUT2D eigenvalue weighted by molar-refractivity contribution is 7.80. The number of aromatic nitrogens is 2. The number of hydrogen-bond acceptors (Lipinski definition) is 3. The number of hydrogen-bond donors (Lipinski definition) is 1. The van der Waals surface area contributed by atoms with Crippen LogP contribution in [0.4, 0.5) is 5.69 Å². The summed E-state index contributed by atoms with van der Waals surface area (Å²) in [6, 6.07) is 31.1. The van der Waals surface area contributed by atoms with E-state index in [0.29, 0.717) is 15.2 Å². The molecule has 2 aromatic heterocycles. The van der Waals surface area contributed by atoms with Crippen molar-refractivity contribution >= 4 is 46.2 Å². The summed E-state index contributed by atoms with van der Waals surface area (Å²) in [7, 11) is 0. The summed E-state index contributed by atoms with van der Waals surface area (Å²) in [6.07, 6.45) is 3.80. The number of ether oxygens (including phenoxy) is 1. The van der Waals surface area contributed by atoms with E-state index in [2.05, 4.69) is 32.8 Å². The lowest BCUT2D eigenvalue weighted by Gasteiger charge is -2.29. The van der Waals surface area contributed by atoms with Crippen LogP contribution in [0, 0.1) is 6.92 Å². The van der Waals surface area contributed by atoms with Gasteiger partial charge in [-0.05, 0) is 98.0 Å². The van der Waals surface area contributed by atoms with Crippen LogP contribution in [-0.2, 0) is 0 Å². The Kier molecular flexibility index (Phi) is 7.00. The zero-order chi connectivity index (χ0) is 26.9. The van der Waals surface area contributed by atoms with Gasteiger partial charge in [-0.25, -0.2) is 0 Å². The Balaban J connectivity index is 1.40. The molecule has 3 aromatic carbocycles. The highest BCUT2D eigenvalue weighted by Crippen LogP contribution is 2.43. The van der Waals surface area contributed by atoms with Gasteiger partial charge in [0.1, 0.15) is 17.5 Å². The average Bonchev–Trinajstić information content (AvgIpc) is 3.55. The number of rotatable bonds is 6. The molecule has 0 aliphatic carbocycles. The molecule has 1 N–H and O–H groups in total. The van der Waals surface area contributed by atoms with Crippen molar-refractivity contribution in [2.45, 2.75) is 19.0 Å². The van der Waals surface area contributed by atoms with E-state index < -0.39 is 0 Å². The van der Waals surface area contributed by atoms with Crippen molar-refractivity contribution in [3.05, 3.63) is 136 Å². The third-order valence-electron chi connectivity index (χ3n) is 6.72. The van der Waals surface area contributed by atoms with Crippen molar-refractivity contribution in [2.75, 3.05) is 4.90 Å². The standard InChI is InChI=1S/C31H24Cl2N4OS/c1-20-7-12-23(13-8-20)38-24-14-10-22(11-15-24)37-30(29(35-31(37)39)26-5-2-3-17-34-26)28-6-4-18-36(28)27-16-9-21(32)19-25(27)33/h2-19,29-30H,1H3,(H,35,39)/t29-,30+/m1/s1. The molecule has 0 unspecified atom stereocenters. The molecule has 5 nitrogen and oxygen atoms in total. The van der Waals surface area contributed by atoms with Crippen molar-refractivity contribution in [2.24, 2.45) is 0 Å². The molecule has 194 valence electrons. The lowest BCUT2D eigenvalue weighted by molar-refractivity contribution is 0.482. The maximum absolute atomic E-state index is 6.64. The van der Waals surface area contributed by atoms with Gasteiger partial charge in [-0.15, -0.1) is 0 Å². The van der Waals surface area contributed by atoms with Crippen molar-refractivity contribution in [1.29, 1.82) is 0 Å². The van der Waals surface area contributed by atoms with E-state index >= 15 is 0 Å². The number of nitrogens with one attached hydrogen (secondary N) is 1. The first-order valence-corrected chi connectivity index (χ1v) is 13.6. The minimum absolute atomic E-state index is 0.193. The number of halogens is 2. The van der Waals surface area contributed by atoms with Gasteiger partial charge in [0.05, 0.1) is 22.4 Å². The Morgan fingerprint density at radius 3 is 2.31 bits per heavy atom. The maximum atomic E-state index is 6.64. The largest absolute Gasteiger partial charge is 0.457 e. The van der Waals surface area contributed by atoms with Gasteiger partial charge in [0.2, 0.25) is 0 Å². The summed E-state index contributed by atoms with van der Waals surface area (Å²) >= 11 is 18.7. The van der Waals surface area contributed by atoms with Crippen LogP contribution in [0.5, 0.6) is 11.5 Å². The number of thiocarbonyl (C=S) groups is 1. The maximum Gasteiger partial charge on any atom is 0.174 e. The second-order valence-corrected chi connectivity index (χ2v) is 10.5. The molecule has 1 saturated heterocycles. The van der Waals surface area contributed by atoms with Crippen molar-refractivity contribution in [1.82, 2.24) is 14.9 Å². The topological polar surface area (TPSA) is 42.3 Å². The second kappa shape index (κ2) is 10.7. The van der Waals surface area contributed by atoms with Gasteiger partial charge in [0.15, 0.2) is 5.11 Å². The van der Waals surface area contributed by atoms with Gasteiger partial charge in [0, 0.05) is 28.8 Å². The summed E-state index contributed by atoms with van der Waals surface area (Å²) in [6.45, 7) is 2.05. The molecule has 1 fully saturated rings.